The van der Waals surface area contributed by atoms with E-state index in [4.69, 9.17) is 0 Å². The summed E-state index contributed by atoms with van der Waals surface area (Å²) in [6, 6.07) is 7.78. The molecular formula is C16H16N2O2. The van der Waals surface area contributed by atoms with Crippen molar-refractivity contribution < 1.29 is 4.79 Å². The molecule has 20 heavy (non-hydrogen) atoms. The zero-order valence-corrected chi connectivity index (χ0v) is 11.2. The second kappa shape index (κ2) is 4.20. The van der Waals surface area contributed by atoms with Crippen LogP contribution in [-0.2, 0) is 6.42 Å². The number of hydrogen-bond acceptors (Lipinski definition) is 2. The van der Waals surface area contributed by atoms with Crippen molar-refractivity contribution in [3.63, 3.8) is 0 Å². The molecule has 0 saturated carbocycles. The average molecular weight is 268 g/mol. The quantitative estimate of drug-likeness (QED) is 0.795. The van der Waals surface area contributed by atoms with Crippen LogP contribution in [0.5, 0.6) is 0 Å². The molecule has 1 aromatic carbocycles. The third-order valence-electron chi connectivity index (χ3n) is 4.56. The summed E-state index contributed by atoms with van der Waals surface area (Å²) in [4.78, 5) is 29.9. The molecule has 1 fully saturated rings. The first-order chi connectivity index (χ1) is 9.75. The lowest BCUT2D eigenvalue weighted by Crippen LogP contribution is -2.50. The Morgan fingerprint density at radius 1 is 1.15 bits per heavy atom. The molecule has 1 N–H and O–H groups in total. The first-order valence-corrected chi connectivity index (χ1v) is 7.20. The number of nitrogens with one attached hydrogen (secondary N) is 1. The van der Waals surface area contributed by atoms with Crippen LogP contribution in [0.25, 0.3) is 10.9 Å². The van der Waals surface area contributed by atoms with Crippen LogP contribution in [0.1, 0.15) is 35.2 Å². The molecule has 102 valence electrons. The highest BCUT2D eigenvalue weighted by atomic mass is 16.2. The number of fused-ring (bicyclic) bond motifs is 4. The number of carbonyl (C=O) groups is 1. The van der Waals surface area contributed by atoms with Crippen LogP contribution in [0.2, 0.25) is 0 Å². The summed E-state index contributed by atoms with van der Waals surface area (Å²) in [6.07, 6.45) is 3.92. The molecule has 0 spiro atoms. The highest BCUT2D eigenvalue weighted by Gasteiger charge is 2.36. The second-order valence-corrected chi connectivity index (χ2v) is 5.71. The first-order valence-electron chi connectivity index (χ1n) is 7.20. The van der Waals surface area contributed by atoms with Crippen LogP contribution in [0.3, 0.4) is 0 Å². The molecule has 1 saturated heterocycles. The van der Waals surface area contributed by atoms with Crippen LogP contribution in [-0.4, -0.2) is 28.4 Å². The normalized spacial score (nSPS) is 21.7. The minimum absolute atomic E-state index is 0.0400. The molecule has 2 aliphatic rings. The summed E-state index contributed by atoms with van der Waals surface area (Å²) < 4.78 is 0. The Labute approximate surface area is 116 Å². The van der Waals surface area contributed by atoms with Gasteiger partial charge < -0.3 is 9.88 Å². The fourth-order valence-corrected chi connectivity index (χ4v) is 3.58. The molecule has 3 heterocycles. The molecule has 4 heteroatoms. The highest BCUT2D eigenvalue weighted by molar-refractivity contribution is 6.08. The van der Waals surface area contributed by atoms with Crippen LogP contribution >= 0.6 is 0 Å². The minimum Gasteiger partial charge on any atom is -0.335 e. The van der Waals surface area contributed by atoms with E-state index in [2.05, 4.69) is 4.98 Å². The number of benzene rings is 1. The van der Waals surface area contributed by atoms with Crippen molar-refractivity contribution in [2.45, 2.75) is 31.7 Å². The molecule has 4 nitrogen and oxygen atoms in total. The van der Waals surface area contributed by atoms with Crippen molar-refractivity contribution in [3.8, 4) is 0 Å². The SMILES string of the molecule is O=C1c2c(c(=O)[nH]c3ccccc23)CC2CCCCN12. The summed E-state index contributed by atoms with van der Waals surface area (Å²) >= 11 is 0. The Morgan fingerprint density at radius 2 is 2.00 bits per heavy atom. The number of amides is 1. The zero-order valence-electron chi connectivity index (χ0n) is 11.2. The van der Waals surface area contributed by atoms with E-state index in [1.807, 2.05) is 29.2 Å². The molecule has 1 aromatic heterocycles. The predicted octanol–water partition coefficient (Wildman–Crippen LogP) is 2.08. The molecule has 2 aliphatic heterocycles. The van der Waals surface area contributed by atoms with Gasteiger partial charge in [-0.2, -0.15) is 0 Å². The van der Waals surface area contributed by atoms with Crippen molar-refractivity contribution in [1.29, 1.82) is 0 Å². The topological polar surface area (TPSA) is 53.2 Å². The Balaban J connectivity index is 2.01. The van der Waals surface area contributed by atoms with Gasteiger partial charge in [-0.25, -0.2) is 0 Å². The number of H-pyrrole nitrogens is 1. The summed E-state index contributed by atoms with van der Waals surface area (Å²) in [6.45, 7) is 0.823. The maximum absolute atomic E-state index is 12.8. The van der Waals surface area contributed by atoms with E-state index in [1.165, 1.54) is 0 Å². The van der Waals surface area contributed by atoms with Gasteiger partial charge in [-0.1, -0.05) is 18.2 Å². The van der Waals surface area contributed by atoms with Crippen molar-refractivity contribution >= 4 is 16.8 Å². The molecule has 0 aliphatic carbocycles. The summed E-state index contributed by atoms with van der Waals surface area (Å²) in [7, 11) is 0. The maximum Gasteiger partial charge on any atom is 0.255 e. The molecule has 1 atom stereocenters. The van der Waals surface area contributed by atoms with E-state index in [9.17, 15) is 9.59 Å². The van der Waals surface area contributed by atoms with E-state index >= 15 is 0 Å². The van der Waals surface area contributed by atoms with Gasteiger partial charge in [-0.05, 0) is 31.7 Å². The molecule has 0 bridgehead atoms. The number of nitrogens with zero attached hydrogens (tertiary/aromatic N) is 1. The van der Waals surface area contributed by atoms with Crippen LogP contribution in [0, 0.1) is 0 Å². The highest BCUT2D eigenvalue weighted by Crippen LogP contribution is 2.31. The number of pyridine rings is 1. The Bertz CT molecular complexity index is 763. The van der Waals surface area contributed by atoms with E-state index in [0.29, 0.717) is 17.5 Å². The lowest BCUT2D eigenvalue weighted by Gasteiger charge is -2.39. The van der Waals surface area contributed by atoms with Crippen LogP contribution in [0.4, 0.5) is 0 Å². The van der Waals surface area contributed by atoms with Crippen molar-refractivity contribution in [3.05, 3.63) is 45.7 Å². The lowest BCUT2D eigenvalue weighted by atomic mass is 9.87. The largest absolute Gasteiger partial charge is 0.335 e. The van der Waals surface area contributed by atoms with Crippen LogP contribution < -0.4 is 5.56 Å². The van der Waals surface area contributed by atoms with Gasteiger partial charge >= 0.3 is 0 Å². The monoisotopic (exact) mass is 268 g/mol. The lowest BCUT2D eigenvalue weighted by molar-refractivity contribution is 0.0584. The molecule has 2 aromatic rings. The predicted molar refractivity (Wildman–Crippen MR) is 76.9 cm³/mol. The maximum atomic E-state index is 12.8. The number of carbonyl (C=O) groups excluding carboxylic acids is 1. The van der Waals surface area contributed by atoms with Gasteiger partial charge in [0.25, 0.3) is 11.5 Å². The third-order valence-corrected chi connectivity index (χ3v) is 4.56. The Kier molecular flexibility index (Phi) is 2.46. The molecule has 1 unspecified atom stereocenters. The van der Waals surface area contributed by atoms with Gasteiger partial charge in [0, 0.05) is 29.1 Å². The van der Waals surface area contributed by atoms with E-state index in [-0.39, 0.29) is 17.5 Å². The fraction of sp³-hybridized carbons (Fsp3) is 0.375. The van der Waals surface area contributed by atoms with Crippen molar-refractivity contribution in [2.75, 3.05) is 6.54 Å². The van der Waals surface area contributed by atoms with E-state index < -0.39 is 0 Å². The molecule has 0 radical (unpaired) electrons. The Hall–Kier alpha value is -2.10. The number of hydrogen-bond donors (Lipinski definition) is 1. The summed E-state index contributed by atoms with van der Waals surface area (Å²) in [5, 5.41) is 0.871. The summed E-state index contributed by atoms with van der Waals surface area (Å²) in [5.41, 5.74) is 1.96. The molecular weight excluding hydrogens is 252 g/mol. The van der Waals surface area contributed by atoms with E-state index in [1.54, 1.807) is 0 Å². The average Bonchev–Trinajstić information content (AvgIpc) is 2.48. The molecule has 1 amide bonds. The van der Waals surface area contributed by atoms with Gasteiger partial charge in [0.2, 0.25) is 0 Å². The van der Waals surface area contributed by atoms with Gasteiger partial charge in [0.05, 0.1) is 5.56 Å². The number of aromatic amines is 1. The van der Waals surface area contributed by atoms with Crippen molar-refractivity contribution in [2.24, 2.45) is 0 Å². The van der Waals surface area contributed by atoms with E-state index in [0.717, 1.165) is 36.7 Å². The first kappa shape index (κ1) is 11.7. The van der Waals surface area contributed by atoms with Gasteiger partial charge in [-0.15, -0.1) is 0 Å². The van der Waals surface area contributed by atoms with Gasteiger partial charge in [-0.3, -0.25) is 9.59 Å². The standard InChI is InChI=1S/C16H16N2O2/c19-15-12-9-10-5-3-4-8-18(10)16(20)14(12)11-6-1-2-7-13(11)17-15/h1-2,6-7,10H,3-5,8-9H2,(H,17,19). The van der Waals surface area contributed by atoms with Crippen LogP contribution in [0.15, 0.2) is 29.1 Å². The number of para-hydroxylation sites is 1. The zero-order chi connectivity index (χ0) is 13.7. The smallest absolute Gasteiger partial charge is 0.255 e. The second-order valence-electron chi connectivity index (χ2n) is 5.71. The number of piperidine rings is 1. The molecule has 4 rings (SSSR count). The third kappa shape index (κ3) is 1.54. The Morgan fingerprint density at radius 3 is 2.90 bits per heavy atom. The number of rotatable bonds is 0. The number of aromatic nitrogens is 1. The van der Waals surface area contributed by atoms with Gasteiger partial charge in [0.15, 0.2) is 0 Å². The van der Waals surface area contributed by atoms with Crippen molar-refractivity contribution in [1.82, 2.24) is 9.88 Å². The summed E-state index contributed by atoms with van der Waals surface area (Å²) in [5.74, 6) is 0.0400. The minimum atomic E-state index is -0.0997. The van der Waals surface area contributed by atoms with Gasteiger partial charge in [0.1, 0.15) is 0 Å². The fourth-order valence-electron chi connectivity index (χ4n) is 3.58.